The quantitative estimate of drug-likeness (QED) is 0.560. The summed E-state index contributed by atoms with van der Waals surface area (Å²) < 4.78 is 16.2. The van der Waals surface area contributed by atoms with Gasteiger partial charge < -0.3 is 0 Å². The smallest absolute Gasteiger partial charge is 0.245 e. The molecule has 0 aliphatic carbocycles. The second kappa shape index (κ2) is 6.44. The number of aromatic nitrogens is 3. The molecule has 0 atom stereocenters. The fraction of sp³-hybridized carbons (Fsp3) is 0.0476. The molecule has 26 heavy (non-hydrogen) atoms. The summed E-state index contributed by atoms with van der Waals surface area (Å²) in [5, 5.41) is 4.55. The van der Waals surface area contributed by atoms with Crippen LogP contribution in [0.5, 0.6) is 0 Å². The molecular formula is C21H16FN3O. The number of hydrogen-bond acceptors (Lipinski definition) is 2. The molecule has 0 saturated carbocycles. The summed E-state index contributed by atoms with van der Waals surface area (Å²) in [4.78, 5) is 13.1. The lowest BCUT2D eigenvalue weighted by atomic mass is 10.2. The van der Waals surface area contributed by atoms with Gasteiger partial charge in [-0.25, -0.2) is 13.8 Å². The Bertz CT molecular complexity index is 1090. The van der Waals surface area contributed by atoms with Crippen molar-refractivity contribution in [3.63, 3.8) is 0 Å². The Labute approximate surface area is 149 Å². The second-order valence-corrected chi connectivity index (χ2v) is 6.03. The normalized spacial score (nSPS) is 10.8. The highest BCUT2D eigenvalue weighted by Gasteiger charge is 2.17. The summed E-state index contributed by atoms with van der Waals surface area (Å²) in [5.74, 6) is 0.150. The molecule has 3 aromatic carbocycles. The van der Waals surface area contributed by atoms with Crippen LogP contribution in [0.2, 0.25) is 0 Å². The Morgan fingerprint density at radius 2 is 1.42 bits per heavy atom. The molecule has 0 bridgehead atoms. The Kier molecular flexibility index (Phi) is 3.97. The predicted molar refractivity (Wildman–Crippen MR) is 99.3 cm³/mol. The SMILES string of the molecule is Cc1ccc(-n2nc(-c3ccccc3)n(-c3ccc(F)cc3)c2=O)cc1. The van der Waals surface area contributed by atoms with Crippen molar-refractivity contribution in [3.05, 3.63) is 101 Å². The van der Waals surface area contributed by atoms with Gasteiger partial charge in [-0.1, -0.05) is 48.0 Å². The zero-order valence-corrected chi connectivity index (χ0v) is 14.1. The Morgan fingerprint density at radius 3 is 2.08 bits per heavy atom. The van der Waals surface area contributed by atoms with Crippen LogP contribution in [0, 0.1) is 12.7 Å². The summed E-state index contributed by atoms with van der Waals surface area (Å²) in [7, 11) is 0. The maximum Gasteiger partial charge on any atom is 0.355 e. The third kappa shape index (κ3) is 2.84. The third-order valence-electron chi connectivity index (χ3n) is 4.17. The molecule has 0 radical (unpaired) electrons. The van der Waals surface area contributed by atoms with Crippen molar-refractivity contribution in [3.8, 4) is 22.8 Å². The van der Waals surface area contributed by atoms with E-state index in [1.165, 1.54) is 21.4 Å². The van der Waals surface area contributed by atoms with Crippen molar-refractivity contribution in [1.82, 2.24) is 14.3 Å². The fourth-order valence-corrected chi connectivity index (χ4v) is 2.82. The maximum atomic E-state index is 13.3. The molecule has 128 valence electrons. The van der Waals surface area contributed by atoms with Gasteiger partial charge in [0, 0.05) is 5.56 Å². The van der Waals surface area contributed by atoms with Crippen LogP contribution < -0.4 is 5.69 Å². The number of rotatable bonds is 3. The standard InChI is InChI=1S/C21H16FN3O/c1-15-7-11-19(12-8-15)25-21(26)24(18-13-9-17(22)10-14-18)20(23-25)16-5-3-2-4-6-16/h2-14H,1H3. The molecule has 1 heterocycles. The van der Waals surface area contributed by atoms with E-state index in [2.05, 4.69) is 5.10 Å². The van der Waals surface area contributed by atoms with Crippen molar-refractivity contribution in [2.75, 3.05) is 0 Å². The summed E-state index contributed by atoms with van der Waals surface area (Å²) in [6.45, 7) is 1.99. The topological polar surface area (TPSA) is 39.8 Å². The highest BCUT2D eigenvalue weighted by atomic mass is 19.1. The monoisotopic (exact) mass is 345 g/mol. The molecule has 0 N–H and O–H groups in total. The maximum absolute atomic E-state index is 13.3. The molecule has 0 aliphatic rings. The molecule has 4 aromatic rings. The van der Waals surface area contributed by atoms with E-state index in [1.807, 2.05) is 61.5 Å². The third-order valence-corrected chi connectivity index (χ3v) is 4.17. The molecule has 0 fully saturated rings. The fourth-order valence-electron chi connectivity index (χ4n) is 2.82. The average Bonchev–Trinajstić information content (AvgIpc) is 3.01. The lowest BCUT2D eigenvalue weighted by molar-refractivity contribution is 0.627. The zero-order chi connectivity index (χ0) is 18.1. The van der Waals surface area contributed by atoms with Crippen LogP contribution >= 0.6 is 0 Å². The lowest BCUT2D eigenvalue weighted by Gasteiger charge is -2.05. The largest absolute Gasteiger partial charge is 0.355 e. The van der Waals surface area contributed by atoms with Crippen LogP contribution in [0.4, 0.5) is 4.39 Å². The second-order valence-electron chi connectivity index (χ2n) is 6.03. The Hall–Kier alpha value is -3.47. The molecule has 0 amide bonds. The molecule has 0 spiro atoms. The summed E-state index contributed by atoms with van der Waals surface area (Å²) >= 11 is 0. The molecule has 0 aliphatic heterocycles. The predicted octanol–water partition coefficient (Wildman–Crippen LogP) is 4.14. The minimum Gasteiger partial charge on any atom is -0.245 e. The van der Waals surface area contributed by atoms with E-state index in [4.69, 9.17) is 0 Å². The Balaban J connectivity index is 1.97. The van der Waals surface area contributed by atoms with E-state index < -0.39 is 0 Å². The van der Waals surface area contributed by atoms with E-state index >= 15 is 0 Å². The first-order valence-electron chi connectivity index (χ1n) is 8.24. The molecule has 4 nitrogen and oxygen atoms in total. The minimum absolute atomic E-state index is 0.306. The van der Waals surface area contributed by atoms with E-state index in [9.17, 15) is 9.18 Å². The molecular weight excluding hydrogens is 329 g/mol. The number of nitrogens with zero attached hydrogens (tertiary/aromatic N) is 3. The van der Waals surface area contributed by atoms with Crippen molar-refractivity contribution in [2.24, 2.45) is 0 Å². The van der Waals surface area contributed by atoms with E-state index in [0.29, 0.717) is 17.2 Å². The van der Waals surface area contributed by atoms with Crippen LogP contribution in [0.3, 0.4) is 0 Å². The van der Waals surface area contributed by atoms with Gasteiger partial charge in [0.05, 0.1) is 11.4 Å². The first kappa shape index (κ1) is 16.0. The van der Waals surface area contributed by atoms with Crippen LogP contribution in [0.1, 0.15) is 5.56 Å². The summed E-state index contributed by atoms with van der Waals surface area (Å²) in [6, 6.07) is 22.8. The van der Waals surface area contributed by atoms with Gasteiger partial charge in [0.15, 0.2) is 5.82 Å². The zero-order valence-electron chi connectivity index (χ0n) is 14.1. The highest BCUT2D eigenvalue weighted by molar-refractivity contribution is 5.58. The lowest BCUT2D eigenvalue weighted by Crippen LogP contribution is -2.22. The molecule has 5 heteroatoms. The van der Waals surface area contributed by atoms with Crippen molar-refractivity contribution < 1.29 is 4.39 Å². The Morgan fingerprint density at radius 1 is 0.808 bits per heavy atom. The van der Waals surface area contributed by atoms with Gasteiger partial charge in [0.25, 0.3) is 0 Å². The summed E-state index contributed by atoms with van der Waals surface area (Å²) in [5.41, 5.74) is 2.84. The minimum atomic E-state index is -0.353. The van der Waals surface area contributed by atoms with Crippen LogP contribution in [0.15, 0.2) is 83.7 Å². The van der Waals surface area contributed by atoms with Gasteiger partial charge in [-0.2, -0.15) is 4.68 Å². The first-order chi connectivity index (χ1) is 12.6. The number of halogens is 1. The van der Waals surface area contributed by atoms with Crippen molar-refractivity contribution in [2.45, 2.75) is 6.92 Å². The van der Waals surface area contributed by atoms with Gasteiger partial charge in [-0.15, -0.1) is 5.10 Å². The molecule has 4 rings (SSSR count). The molecule has 0 unspecified atom stereocenters. The first-order valence-corrected chi connectivity index (χ1v) is 8.24. The van der Waals surface area contributed by atoms with Crippen molar-refractivity contribution >= 4 is 0 Å². The van der Waals surface area contributed by atoms with E-state index in [-0.39, 0.29) is 11.5 Å². The van der Waals surface area contributed by atoms with Gasteiger partial charge in [-0.05, 0) is 43.3 Å². The van der Waals surface area contributed by atoms with Crippen LogP contribution in [-0.4, -0.2) is 14.3 Å². The van der Waals surface area contributed by atoms with E-state index in [0.717, 1.165) is 11.1 Å². The molecule has 1 aromatic heterocycles. The average molecular weight is 345 g/mol. The van der Waals surface area contributed by atoms with E-state index in [1.54, 1.807) is 12.1 Å². The number of aryl methyl sites for hydroxylation is 1. The van der Waals surface area contributed by atoms with Crippen LogP contribution in [0.25, 0.3) is 22.8 Å². The molecule has 0 saturated heterocycles. The number of benzene rings is 3. The number of hydrogen-bond donors (Lipinski definition) is 0. The van der Waals surface area contributed by atoms with Gasteiger partial charge in [-0.3, -0.25) is 0 Å². The van der Waals surface area contributed by atoms with Gasteiger partial charge in [0.2, 0.25) is 0 Å². The van der Waals surface area contributed by atoms with Crippen LogP contribution in [-0.2, 0) is 0 Å². The van der Waals surface area contributed by atoms with Gasteiger partial charge in [0.1, 0.15) is 5.82 Å². The van der Waals surface area contributed by atoms with Gasteiger partial charge >= 0.3 is 5.69 Å². The highest BCUT2D eigenvalue weighted by Crippen LogP contribution is 2.20. The van der Waals surface area contributed by atoms with Crippen molar-refractivity contribution in [1.29, 1.82) is 0 Å². The summed E-state index contributed by atoms with van der Waals surface area (Å²) in [6.07, 6.45) is 0.